The third-order valence-corrected chi connectivity index (χ3v) is 5.90. The number of aryl methyl sites for hydroxylation is 1. The van der Waals surface area contributed by atoms with Gasteiger partial charge in [0.2, 0.25) is 11.8 Å². The second-order valence-electron chi connectivity index (χ2n) is 7.91. The summed E-state index contributed by atoms with van der Waals surface area (Å²) in [5, 5.41) is 3.30. The number of methoxy groups -OCH3 is 1. The van der Waals surface area contributed by atoms with Gasteiger partial charge < -0.3 is 15.0 Å². The first-order chi connectivity index (χ1) is 14.9. The predicted octanol–water partition coefficient (Wildman–Crippen LogP) is 5.08. The normalized spacial score (nSPS) is 16.1. The van der Waals surface area contributed by atoms with Crippen LogP contribution in [0.15, 0.2) is 42.5 Å². The quantitative estimate of drug-likeness (QED) is 0.615. The number of anilines is 1. The first-order valence-corrected chi connectivity index (χ1v) is 11.0. The van der Waals surface area contributed by atoms with Gasteiger partial charge in [-0.05, 0) is 67.5 Å². The molecule has 1 fully saturated rings. The van der Waals surface area contributed by atoms with E-state index < -0.39 is 0 Å². The number of halogens is 2. The van der Waals surface area contributed by atoms with E-state index in [2.05, 4.69) is 5.32 Å². The SMILES string of the molecule is COc1ccc(NC(=O)CC[C@@H]2CCCN(C(=O)CCc3cccc(F)c3)C2)cc1Cl. The molecule has 2 aromatic carbocycles. The molecule has 1 atom stereocenters. The molecule has 1 aliphatic rings. The van der Waals surface area contributed by atoms with Crippen LogP contribution in [0.1, 0.15) is 37.7 Å². The van der Waals surface area contributed by atoms with Gasteiger partial charge in [-0.25, -0.2) is 4.39 Å². The van der Waals surface area contributed by atoms with Crippen molar-refractivity contribution in [2.75, 3.05) is 25.5 Å². The first kappa shape index (κ1) is 23.1. The monoisotopic (exact) mass is 446 g/mol. The van der Waals surface area contributed by atoms with Gasteiger partial charge in [-0.2, -0.15) is 0 Å². The minimum atomic E-state index is -0.279. The van der Waals surface area contributed by atoms with E-state index in [9.17, 15) is 14.0 Å². The number of nitrogens with one attached hydrogen (secondary N) is 1. The van der Waals surface area contributed by atoms with E-state index in [1.54, 1.807) is 31.4 Å². The molecule has 3 rings (SSSR count). The number of carbonyl (C=O) groups is 2. The van der Waals surface area contributed by atoms with Crippen molar-refractivity contribution in [2.24, 2.45) is 5.92 Å². The van der Waals surface area contributed by atoms with Crippen LogP contribution < -0.4 is 10.1 Å². The van der Waals surface area contributed by atoms with Crippen LogP contribution >= 0.6 is 11.6 Å². The van der Waals surface area contributed by atoms with Gasteiger partial charge in [0.15, 0.2) is 0 Å². The highest BCUT2D eigenvalue weighted by Gasteiger charge is 2.24. The molecule has 0 bridgehead atoms. The first-order valence-electron chi connectivity index (χ1n) is 10.6. The number of likely N-dealkylation sites (tertiary alicyclic amines) is 1. The molecule has 0 unspecified atom stereocenters. The van der Waals surface area contributed by atoms with Crippen LogP contribution in [0.3, 0.4) is 0 Å². The molecule has 7 heteroatoms. The number of nitrogens with zero attached hydrogens (tertiary/aromatic N) is 1. The lowest BCUT2D eigenvalue weighted by Gasteiger charge is -2.33. The average molecular weight is 447 g/mol. The second kappa shape index (κ2) is 11.1. The lowest BCUT2D eigenvalue weighted by atomic mass is 9.93. The Hall–Kier alpha value is -2.60. The fourth-order valence-electron chi connectivity index (χ4n) is 3.93. The van der Waals surface area contributed by atoms with Crippen LogP contribution in [0.4, 0.5) is 10.1 Å². The van der Waals surface area contributed by atoms with Crippen LogP contribution in [0.5, 0.6) is 5.75 Å². The maximum Gasteiger partial charge on any atom is 0.224 e. The van der Waals surface area contributed by atoms with Gasteiger partial charge in [-0.1, -0.05) is 23.7 Å². The Morgan fingerprint density at radius 1 is 1.23 bits per heavy atom. The molecule has 1 N–H and O–H groups in total. The van der Waals surface area contributed by atoms with Crippen molar-refractivity contribution < 1.29 is 18.7 Å². The van der Waals surface area contributed by atoms with Gasteiger partial charge in [-0.3, -0.25) is 9.59 Å². The van der Waals surface area contributed by atoms with Crippen molar-refractivity contribution in [2.45, 2.75) is 38.5 Å². The van der Waals surface area contributed by atoms with Crippen LogP contribution in [0, 0.1) is 11.7 Å². The molecule has 0 saturated carbocycles. The highest BCUT2D eigenvalue weighted by Crippen LogP contribution is 2.27. The second-order valence-corrected chi connectivity index (χ2v) is 8.32. The highest BCUT2D eigenvalue weighted by molar-refractivity contribution is 6.32. The van der Waals surface area contributed by atoms with E-state index in [0.29, 0.717) is 48.2 Å². The number of carbonyl (C=O) groups excluding carboxylic acids is 2. The van der Waals surface area contributed by atoms with E-state index in [0.717, 1.165) is 31.4 Å². The van der Waals surface area contributed by atoms with Gasteiger partial charge >= 0.3 is 0 Å². The summed E-state index contributed by atoms with van der Waals surface area (Å²) in [6.07, 6.45) is 3.96. The summed E-state index contributed by atoms with van der Waals surface area (Å²) in [6.45, 7) is 1.42. The molecule has 5 nitrogen and oxygen atoms in total. The summed E-state index contributed by atoms with van der Waals surface area (Å²) in [5.74, 6) is 0.598. The Morgan fingerprint density at radius 2 is 2.06 bits per heavy atom. The van der Waals surface area contributed by atoms with E-state index in [1.807, 2.05) is 11.0 Å². The van der Waals surface area contributed by atoms with Crippen molar-refractivity contribution in [3.8, 4) is 5.75 Å². The summed E-state index contributed by atoms with van der Waals surface area (Å²) in [5.41, 5.74) is 1.46. The van der Waals surface area contributed by atoms with Crippen LogP contribution in [-0.2, 0) is 16.0 Å². The van der Waals surface area contributed by atoms with Crippen LogP contribution in [0.25, 0.3) is 0 Å². The fraction of sp³-hybridized carbons (Fsp3) is 0.417. The largest absolute Gasteiger partial charge is 0.495 e. The predicted molar refractivity (Wildman–Crippen MR) is 120 cm³/mol. The van der Waals surface area contributed by atoms with Crippen molar-refractivity contribution in [1.29, 1.82) is 0 Å². The number of benzene rings is 2. The Morgan fingerprint density at radius 3 is 2.81 bits per heavy atom. The zero-order chi connectivity index (χ0) is 22.2. The topological polar surface area (TPSA) is 58.6 Å². The molecule has 1 aliphatic heterocycles. The van der Waals surface area contributed by atoms with E-state index in [4.69, 9.17) is 16.3 Å². The van der Waals surface area contributed by atoms with Crippen LogP contribution in [-0.4, -0.2) is 36.9 Å². The van der Waals surface area contributed by atoms with Crippen LogP contribution in [0.2, 0.25) is 5.02 Å². The Bertz CT molecular complexity index is 921. The minimum absolute atomic E-state index is 0.0733. The minimum Gasteiger partial charge on any atom is -0.495 e. The molecule has 166 valence electrons. The van der Waals surface area contributed by atoms with Gasteiger partial charge in [0.1, 0.15) is 11.6 Å². The summed E-state index contributed by atoms with van der Waals surface area (Å²) in [4.78, 5) is 26.8. The molecular weight excluding hydrogens is 419 g/mol. The van der Waals surface area contributed by atoms with Gasteiger partial charge in [-0.15, -0.1) is 0 Å². The lowest BCUT2D eigenvalue weighted by molar-refractivity contribution is -0.133. The molecule has 0 aromatic heterocycles. The number of hydrogen-bond donors (Lipinski definition) is 1. The number of piperidine rings is 1. The Balaban J connectivity index is 1.43. The molecule has 31 heavy (non-hydrogen) atoms. The van der Waals surface area contributed by atoms with Crippen molar-refractivity contribution in [3.05, 3.63) is 58.9 Å². The molecule has 0 spiro atoms. The molecule has 2 aromatic rings. The fourth-order valence-corrected chi connectivity index (χ4v) is 4.19. The summed E-state index contributed by atoms with van der Waals surface area (Å²) >= 11 is 6.10. The number of ether oxygens (including phenoxy) is 1. The third-order valence-electron chi connectivity index (χ3n) is 5.60. The standard InChI is InChI=1S/C24H28ClFN2O3/c1-31-22-10-9-20(15-21(22)25)27-23(29)11-7-18-5-3-13-28(16-18)24(30)12-8-17-4-2-6-19(26)14-17/h2,4,6,9-10,14-15,18H,3,5,7-8,11-13,16H2,1H3,(H,27,29)/t18-/m0/s1. The number of hydrogen-bond acceptors (Lipinski definition) is 3. The zero-order valence-electron chi connectivity index (χ0n) is 17.7. The van der Waals surface area contributed by atoms with Crippen molar-refractivity contribution >= 4 is 29.1 Å². The zero-order valence-corrected chi connectivity index (χ0v) is 18.5. The summed E-state index contributed by atoms with van der Waals surface area (Å²) < 4.78 is 18.4. The molecule has 1 heterocycles. The smallest absolute Gasteiger partial charge is 0.224 e. The van der Waals surface area contributed by atoms with E-state index in [1.165, 1.54) is 12.1 Å². The third kappa shape index (κ3) is 6.96. The van der Waals surface area contributed by atoms with Gasteiger partial charge in [0.25, 0.3) is 0 Å². The number of rotatable bonds is 8. The van der Waals surface area contributed by atoms with E-state index >= 15 is 0 Å². The molecule has 0 radical (unpaired) electrons. The number of amides is 2. The van der Waals surface area contributed by atoms with Gasteiger partial charge in [0.05, 0.1) is 12.1 Å². The Kier molecular flexibility index (Phi) is 8.29. The Labute approximate surface area is 187 Å². The molecule has 2 amide bonds. The molecular formula is C24H28ClFN2O3. The molecule has 0 aliphatic carbocycles. The molecule has 1 saturated heterocycles. The van der Waals surface area contributed by atoms with Crippen molar-refractivity contribution in [3.63, 3.8) is 0 Å². The average Bonchev–Trinajstić information content (AvgIpc) is 2.76. The van der Waals surface area contributed by atoms with Gasteiger partial charge in [0, 0.05) is 31.6 Å². The van der Waals surface area contributed by atoms with E-state index in [-0.39, 0.29) is 17.6 Å². The summed E-state index contributed by atoms with van der Waals surface area (Å²) in [7, 11) is 1.54. The summed E-state index contributed by atoms with van der Waals surface area (Å²) in [6, 6.07) is 11.5. The highest BCUT2D eigenvalue weighted by atomic mass is 35.5. The van der Waals surface area contributed by atoms with Crippen molar-refractivity contribution in [1.82, 2.24) is 4.90 Å². The lowest BCUT2D eigenvalue weighted by Crippen LogP contribution is -2.40. The maximum atomic E-state index is 13.3. The maximum absolute atomic E-state index is 13.3.